The third kappa shape index (κ3) is 4.17. The first-order valence-electron chi connectivity index (χ1n) is 5.95. The molecule has 2 N–H and O–H groups in total. The lowest BCUT2D eigenvalue weighted by molar-refractivity contribution is -0.144. The molecular weight excluding hydrogens is 256 g/mol. The Labute approximate surface area is 110 Å². The van der Waals surface area contributed by atoms with Crippen molar-refractivity contribution >= 4 is 5.97 Å². The Morgan fingerprint density at radius 1 is 1.47 bits per heavy atom. The third-order valence-electron chi connectivity index (χ3n) is 2.79. The molecule has 0 radical (unpaired) electrons. The highest BCUT2D eigenvalue weighted by atomic mass is 19.1. The largest absolute Gasteiger partial charge is 0.490 e. The van der Waals surface area contributed by atoms with Crippen LogP contribution in [-0.2, 0) is 4.79 Å². The fraction of sp³-hybridized carbons (Fsp3) is 0.462. The number of carbonyl (C=O) groups is 1. The number of likely N-dealkylation sites (N-methyl/N-ethyl adjacent to an activating group) is 1. The zero-order chi connectivity index (χ0) is 14.5. The number of hydrogen-bond acceptors (Lipinski definition) is 3. The van der Waals surface area contributed by atoms with Crippen molar-refractivity contribution in [3.8, 4) is 5.75 Å². The number of carboxylic acid groups (broad SMARTS) is 1. The first-order valence-corrected chi connectivity index (χ1v) is 5.95. The molecule has 4 nitrogen and oxygen atoms in total. The first-order chi connectivity index (χ1) is 8.89. The summed E-state index contributed by atoms with van der Waals surface area (Å²) < 4.78 is 31.3. The summed E-state index contributed by atoms with van der Waals surface area (Å²) in [5.74, 6) is -2.52. The van der Waals surface area contributed by atoms with E-state index in [0.717, 1.165) is 18.2 Å². The Kier molecular flexibility index (Phi) is 5.23. The van der Waals surface area contributed by atoms with Crippen LogP contribution in [0.2, 0.25) is 0 Å². The van der Waals surface area contributed by atoms with Gasteiger partial charge in [0.15, 0.2) is 11.6 Å². The second-order valence-corrected chi connectivity index (χ2v) is 4.34. The molecule has 0 aliphatic heterocycles. The smallest absolute Gasteiger partial charge is 0.323 e. The Hall–Kier alpha value is -1.69. The number of benzene rings is 1. The first kappa shape index (κ1) is 15.4. The minimum atomic E-state index is -1.15. The van der Waals surface area contributed by atoms with Crippen LogP contribution in [0, 0.1) is 11.6 Å². The average molecular weight is 273 g/mol. The summed E-state index contributed by atoms with van der Waals surface area (Å²) in [5, 5.41) is 11.9. The number of ether oxygens (including phenoxy) is 1. The predicted molar refractivity (Wildman–Crippen MR) is 66.2 cm³/mol. The van der Waals surface area contributed by atoms with E-state index in [1.165, 1.54) is 6.92 Å². The van der Waals surface area contributed by atoms with Crippen molar-refractivity contribution in [3.05, 3.63) is 29.8 Å². The lowest BCUT2D eigenvalue weighted by Gasteiger charge is -2.25. The summed E-state index contributed by atoms with van der Waals surface area (Å²) in [6, 6.07) is 2.88. The van der Waals surface area contributed by atoms with Crippen LogP contribution < -0.4 is 10.1 Å². The van der Waals surface area contributed by atoms with E-state index in [1.807, 2.05) is 0 Å². The summed E-state index contributed by atoms with van der Waals surface area (Å²) in [6.45, 7) is 3.76. The van der Waals surface area contributed by atoms with Gasteiger partial charge < -0.3 is 15.2 Å². The number of halogens is 2. The van der Waals surface area contributed by atoms with Gasteiger partial charge in [0.1, 0.15) is 11.4 Å². The molecule has 0 aliphatic carbocycles. The van der Waals surface area contributed by atoms with Gasteiger partial charge in [-0.15, -0.1) is 0 Å². The van der Waals surface area contributed by atoms with E-state index in [4.69, 9.17) is 9.84 Å². The van der Waals surface area contributed by atoms with E-state index in [2.05, 4.69) is 5.32 Å². The van der Waals surface area contributed by atoms with Crippen molar-refractivity contribution in [3.63, 3.8) is 0 Å². The van der Waals surface area contributed by atoms with Gasteiger partial charge >= 0.3 is 5.97 Å². The van der Waals surface area contributed by atoms with Crippen LogP contribution in [0.1, 0.15) is 20.3 Å². The highest BCUT2D eigenvalue weighted by molar-refractivity contribution is 5.78. The van der Waals surface area contributed by atoms with Gasteiger partial charge in [-0.2, -0.15) is 0 Å². The Balaban J connectivity index is 2.62. The Bertz CT molecular complexity index is 454. The molecule has 106 valence electrons. The van der Waals surface area contributed by atoms with Crippen molar-refractivity contribution in [2.24, 2.45) is 0 Å². The number of carboxylic acids is 1. The summed E-state index contributed by atoms with van der Waals surface area (Å²) in [6.07, 6.45) is 0.131. The zero-order valence-corrected chi connectivity index (χ0v) is 10.9. The molecule has 0 aliphatic rings. The molecule has 1 aromatic rings. The minimum Gasteiger partial charge on any atom is -0.490 e. The maximum Gasteiger partial charge on any atom is 0.323 e. The molecule has 0 amide bonds. The molecule has 19 heavy (non-hydrogen) atoms. The van der Waals surface area contributed by atoms with Gasteiger partial charge in [0.05, 0.1) is 6.61 Å². The lowest BCUT2D eigenvalue weighted by atomic mass is 9.98. The number of aliphatic carboxylic acids is 1. The van der Waals surface area contributed by atoms with E-state index in [0.29, 0.717) is 6.54 Å². The van der Waals surface area contributed by atoms with E-state index in [9.17, 15) is 13.6 Å². The molecule has 0 saturated carbocycles. The van der Waals surface area contributed by atoms with Crippen LogP contribution in [-0.4, -0.2) is 29.8 Å². The Morgan fingerprint density at radius 3 is 2.74 bits per heavy atom. The molecule has 6 heteroatoms. The molecule has 0 fully saturated rings. The van der Waals surface area contributed by atoms with Gasteiger partial charge in [-0.1, -0.05) is 6.92 Å². The van der Waals surface area contributed by atoms with Crippen molar-refractivity contribution in [2.75, 3.05) is 13.2 Å². The van der Waals surface area contributed by atoms with Gasteiger partial charge in [0.25, 0.3) is 0 Å². The highest BCUT2D eigenvalue weighted by Gasteiger charge is 2.31. The van der Waals surface area contributed by atoms with Crippen LogP contribution >= 0.6 is 0 Å². The van der Waals surface area contributed by atoms with E-state index in [-0.39, 0.29) is 18.8 Å². The second-order valence-electron chi connectivity index (χ2n) is 4.34. The van der Waals surface area contributed by atoms with Crippen LogP contribution in [0.4, 0.5) is 8.78 Å². The van der Waals surface area contributed by atoms with Crippen LogP contribution in [0.5, 0.6) is 5.75 Å². The van der Waals surface area contributed by atoms with E-state index in [1.54, 1.807) is 6.92 Å². The van der Waals surface area contributed by atoms with Crippen molar-refractivity contribution < 1.29 is 23.4 Å². The number of hydrogen-bond donors (Lipinski definition) is 2. The minimum absolute atomic E-state index is 0.0316. The summed E-state index contributed by atoms with van der Waals surface area (Å²) in [5.41, 5.74) is -1.15. The maximum atomic E-state index is 13.3. The van der Waals surface area contributed by atoms with Gasteiger partial charge in [-0.05, 0) is 25.6 Å². The molecule has 1 aromatic carbocycles. The molecule has 1 unspecified atom stereocenters. The third-order valence-corrected chi connectivity index (χ3v) is 2.79. The number of nitrogens with one attached hydrogen (secondary N) is 1. The molecule has 0 spiro atoms. The predicted octanol–water partition coefficient (Wildman–Crippen LogP) is 2.19. The van der Waals surface area contributed by atoms with Crippen LogP contribution in [0.15, 0.2) is 18.2 Å². The normalized spacial score (nSPS) is 13.9. The fourth-order valence-electron chi connectivity index (χ4n) is 1.61. The molecule has 0 heterocycles. The van der Waals surface area contributed by atoms with Crippen molar-refractivity contribution in [1.29, 1.82) is 0 Å². The second kappa shape index (κ2) is 6.47. The van der Waals surface area contributed by atoms with Gasteiger partial charge in [0, 0.05) is 12.5 Å². The average Bonchev–Trinajstić information content (AvgIpc) is 2.33. The molecule has 0 bridgehead atoms. The van der Waals surface area contributed by atoms with Crippen LogP contribution in [0.3, 0.4) is 0 Å². The van der Waals surface area contributed by atoms with Gasteiger partial charge in [-0.3, -0.25) is 4.79 Å². The number of rotatable bonds is 7. The molecule has 1 atom stereocenters. The lowest BCUT2D eigenvalue weighted by Crippen LogP contribution is -2.50. The van der Waals surface area contributed by atoms with E-state index >= 15 is 0 Å². The van der Waals surface area contributed by atoms with E-state index < -0.39 is 23.1 Å². The van der Waals surface area contributed by atoms with Crippen LogP contribution in [0.25, 0.3) is 0 Å². The monoisotopic (exact) mass is 273 g/mol. The maximum absolute atomic E-state index is 13.3. The SMILES string of the molecule is CCNC(C)(CCOc1cc(F)ccc1F)C(=O)O. The quantitative estimate of drug-likeness (QED) is 0.799. The zero-order valence-electron chi connectivity index (χ0n) is 10.9. The summed E-state index contributed by atoms with van der Waals surface area (Å²) in [7, 11) is 0. The summed E-state index contributed by atoms with van der Waals surface area (Å²) in [4.78, 5) is 11.1. The van der Waals surface area contributed by atoms with Gasteiger partial charge in [-0.25, -0.2) is 8.78 Å². The topological polar surface area (TPSA) is 58.6 Å². The molecule has 1 rings (SSSR count). The molecule has 0 saturated heterocycles. The van der Waals surface area contributed by atoms with Crippen molar-refractivity contribution in [2.45, 2.75) is 25.8 Å². The molecule has 0 aromatic heterocycles. The molecular formula is C13H17F2NO3. The van der Waals surface area contributed by atoms with Gasteiger partial charge in [0.2, 0.25) is 0 Å². The standard InChI is InChI=1S/C13H17F2NO3/c1-3-16-13(2,12(17)18)6-7-19-11-8-9(14)4-5-10(11)15/h4-5,8,16H,3,6-7H2,1-2H3,(H,17,18). The summed E-state index contributed by atoms with van der Waals surface area (Å²) >= 11 is 0. The van der Waals surface area contributed by atoms with Crippen molar-refractivity contribution in [1.82, 2.24) is 5.32 Å². The highest BCUT2D eigenvalue weighted by Crippen LogP contribution is 2.19. The Morgan fingerprint density at radius 2 is 2.16 bits per heavy atom. The fourth-order valence-corrected chi connectivity index (χ4v) is 1.61.